The topological polar surface area (TPSA) is 57.4 Å². The van der Waals surface area contributed by atoms with Crippen LogP contribution in [0.5, 0.6) is 0 Å². The van der Waals surface area contributed by atoms with Gasteiger partial charge in [-0.15, -0.1) is 11.3 Å². The fourth-order valence-electron chi connectivity index (χ4n) is 1.35. The van der Waals surface area contributed by atoms with E-state index >= 15 is 0 Å². The van der Waals surface area contributed by atoms with E-state index in [-0.39, 0.29) is 0 Å². The van der Waals surface area contributed by atoms with Crippen molar-refractivity contribution in [2.75, 3.05) is 26.1 Å². The molecule has 86 valence electrons. The number of ether oxygens (including phenoxy) is 2. The Labute approximate surface area is 98.0 Å². The molecule has 0 atom stereocenters. The molecule has 0 aliphatic rings. The summed E-state index contributed by atoms with van der Waals surface area (Å²) < 4.78 is 11.4. The minimum atomic E-state index is 0.530. The smallest absolute Gasteiger partial charge is 0.120 e. The Kier molecular flexibility index (Phi) is 3.71. The first-order chi connectivity index (χ1) is 7.79. The van der Waals surface area contributed by atoms with Gasteiger partial charge in [0.1, 0.15) is 5.01 Å². The lowest BCUT2D eigenvalue weighted by atomic mass is 10.3. The summed E-state index contributed by atoms with van der Waals surface area (Å²) in [7, 11) is 1.66. The predicted molar refractivity (Wildman–Crippen MR) is 65.6 cm³/mol. The maximum absolute atomic E-state index is 5.70. The molecule has 2 N–H and O–H groups in total. The molecule has 2 aromatic rings. The summed E-state index contributed by atoms with van der Waals surface area (Å²) in [5.74, 6) is 0. The average Bonchev–Trinajstić information content (AvgIpc) is 2.66. The fourth-order valence-corrected chi connectivity index (χ4v) is 2.31. The molecule has 0 saturated carbocycles. The summed E-state index contributed by atoms with van der Waals surface area (Å²) >= 11 is 1.61. The molecule has 0 bridgehead atoms. The second-order valence-electron chi connectivity index (χ2n) is 3.38. The minimum absolute atomic E-state index is 0.530. The molecule has 0 saturated heterocycles. The van der Waals surface area contributed by atoms with Gasteiger partial charge < -0.3 is 15.2 Å². The number of aromatic nitrogens is 1. The van der Waals surface area contributed by atoms with Crippen LogP contribution in [0.1, 0.15) is 5.01 Å². The number of hydrogen-bond donors (Lipinski definition) is 1. The zero-order valence-electron chi connectivity index (χ0n) is 9.10. The molecular formula is C11H14N2O2S. The highest BCUT2D eigenvalue weighted by atomic mass is 32.1. The van der Waals surface area contributed by atoms with Crippen LogP contribution in [0.2, 0.25) is 0 Å². The third-order valence-electron chi connectivity index (χ3n) is 2.11. The molecule has 2 rings (SSSR count). The minimum Gasteiger partial charge on any atom is -0.399 e. The van der Waals surface area contributed by atoms with E-state index in [2.05, 4.69) is 4.98 Å². The van der Waals surface area contributed by atoms with E-state index in [1.54, 1.807) is 18.4 Å². The van der Waals surface area contributed by atoms with Crippen LogP contribution < -0.4 is 5.73 Å². The molecule has 0 spiro atoms. The molecule has 1 aromatic heterocycles. The molecule has 1 aromatic carbocycles. The van der Waals surface area contributed by atoms with E-state index in [1.165, 1.54) is 0 Å². The highest BCUT2D eigenvalue weighted by Crippen LogP contribution is 2.24. The number of thiazole rings is 1. The molecule has 5 heteroatoms. The molecule has 16 heavy (non-hydrogen) atoms. The van der Waals surface area contributed by atoms with Crippen molar-refractivity contribution in [2.24, 2.45) is 0 Å². The van der Waals surface area contributed by atoms with Gasteiger partial charge in [-0.3, -0.25) is 0 Å². The second kappa shape index (κ2) is 5.25. The number of rotatable bonds is 5. The maximum atomic E-state index is 5.70. The summed E-state index contributed by atoms with van der Waals surface area (Å²) in [6.07, 6.45) is 0. The average molecular weight is 238 g/mol. The van der Waals surface area contributed by atoms with Crippen LogP contribution in [-0.2, 0) is 16.1 Å². The van der Waals surface area contributed by atoms with Gasteiger partial charge in [0.25, 0.3) is 0 Å². The molecule has 0 fully saturated rings. The normalized spacial score (nSPS) is 11.1. The molecule has 4 nitrogen and oxygen atoms in total. The van der Waals surface area contributed by atoms with Crippen molar-refractivity contribution in [1.82, 2.24) is 4.98 Å². The molecule has 0 radical (unpaired) electrons. The van der Waals surface area contributed by atoms with Crippen LogP contribution in [0.4, 0.5) is 5.69 Å². The third kappa shape index (κ3) is 2.69. The lowest BCUT2D eigenvalue weighted by molar-refractivity contribution is 0.0616. The first kappa shape index (κ1) is 11.3. The van der Waals surface area contributed by atoms with Crippen molar-refractivity contribution in [1.29, 1.82) is 0 Å². The van der Waals surface area contributed by atoms with E-state index in [0.717, 1.165) is 20.9 Å². The molecule has 1 heterocycles. The number of methoxy groups -OCH3 is 1. The second-order valence-corrected chi connectivity index (χ2v) is 4.50. The largest absolute Gasteiger partial charge is 0.399 e. The summed E-state index contributed by atoms with van der Waals surface area (Å²) in [4.78, 5) is 4.45. The number of nitrogens with zero attached hydrogens (tertiary/aromatic N) is 1. The van der Waals surface area contributed by atoms with Gasteiger partial charge in [0.05, 0.1) is 30.0 Å². The van der Waals surface area contributed by atoms with Crippen LogP contribution in [0.15, 0.2) is 18.2 Å². The van der Waals surface area contributed by atoms with E-state index in [4.69, 9.17) is 15.2 Å². The van der Waals surface area contributed by atoms with Gasteiger partial charge in [0, 0.05) is 12.8 Å². The van der Waals surface area contributed by atoms with Crippen LogP contribution in [0.3, 0.4) is 0 Å². The first-order valence-electron chi connectivity index (χ1n) is 5.01. The van der Waals surface area contributed by atoms with Crippen LogP contribution >= 0.6 is 11.3 Å². The van der Waals surface area contributed by atoms with Crippen molar-refractivity contribution in [3.63, 3.8) is 0 Å². The molecule has 0 amide bonds. The van der Waals surface area contributed by atoms with Crippen molar-refractivity contribution in [3.05, 3.63) is 23.2 Å². The Hall–Kier alpha value is -1.17. The fraction of sp³-hybridized carbons (Fsp3) is 0.364. The Bertz CT molecular complexity index is 470. The number of nitrogens with two attached hydrogens (primary N) is 1. The summed E-state index contributed by atoms with van der Waals surface area (Å²) in [6.45, 7) is 1.73. The maximum Gasteiger partial charge on any atom is 0.120 e. The molecule has 0 aliphatic heterocycles. The van der Waals surface area contributed by atoms with E-state index < -0.39 is 0 Å². The Balaban J connectivity index is 2.02. The lowest BCUT2D eigenvalue weighted by Crippen LogP contribution is -2.01. The van der Waals surface area contributed by atoms with Gasteiger partial charge in [-0.2, -0.15) is 0 Å². The van der Waals surface area contributed by atoms with Crippen molar-refractivity contribution in [3.8, 4) is 0 Å². The SMILES string of the molecule is COCCOCc1nc2ccc(N)cc2s1. The van der Waals surface area contributed by atoms with Crippen molar-refractivity contribution < 1.29 is 9.47 Å². The van der Waals surface area contributed by atoms with Gasteiger partial charge in [-0.1, -0.05) is 0 Å². The quantitative estimate of drug-likeness (QED) is 0.639. The summed E-state index contributed by atoms with van der Waals surface area (Å²) in [5, 5.41) is 0.969. The lowest BCUT2D eigenvalue weighted by Gasteiger charge is -1.99. The van der Waals surface area contributed by atoms with E-state index in [0.29, 0.717) is 19.8 Å². The highest BCUT2D eigenvalue weighted by Gasteiger charge is 2.03. The zero-order chi connectivity index (χ0) is 11.4. The number of fused-ring (bicyclic) bond motifs is 1. The Morgan fingerprint density at radius 3 is 3.06 bits per heavy atom. The standard InChI is InChI=1S/C11H14N2O2S/c1-14-4-5-15-7-11-13-9-3-2-8(12)6-10(9)16-11/h2-3,6H,4-5,7,12H2,1H3. The molecular weight excluding hydrogens is 224 g/mol. The molecule has 0 aliphatic carbocycles. The van der Waals surface area contributed by atoms with Crippen LogP contribution in [0.25, 0.3) is 10.2 Å². The van der Waals surface area contributed by atoms with E-state index in [9.17, 15) is 0 Å². The highest BCUT2D eigenvalue weighted by molar-refractivity contribution is 7.18. The van der Waals surface area contributed by atoms with Gasteiger partial charge >= 0.3 is 0 Å². The Morgan fingerprint density at radius 1 is 1.38 bits per heavy atom. The summed E-state index contributed by atoms with van der Waals surface area (Å²) in [5.41, 5.74) is 7.45. The van der Waals surface area contributed by atoms with Gasteiger partial charge in [-0.05, 0) is 18.2 Å². The number of nitrogen functional groups attached to an aromatic ring is 1. The van der Waals surface area contributed by atoms with Crippen LogP contribution in [-0.4, -0.2) is 25.3 Å². The van der Waals surface area contributed by atoms with Crippen LogP contribution in [0, 0.1) is 0 Å². The van der Waals surface area contributed by atoms with Gasteiger partial charge in [0.15, 0.2) is 0 Å². The molecule has 0 unspecified atom stereocenters. The van der Waals surface area contributed by atoms with Crippen molar-refractivity contribution in [2.45, 2.75) is 6.61 Å². The first-order valence-corrected chi connectivity index (χ1v) is 5.83. The number of anilines is 1. The number of hydrogen-bond acceptors (Lipinski definition) is 5. The monoisotopic (exact) mass is 238 g/mol. The zero-order valence-corrected chi connectivity index (χ0v) is 9.92. The number of benzene rings is 1. The van der Waals surface area contributed by atoms with Gasteiger partial charge in [0.2, 0.25) is 0 Å². The third-order valence-corrected chi connectivity index (χ3v) is 3.11. The summed E-state index contributed by atoms with van der Waals surface area (Å²) in [6, 6.07) is 5.73. The Morgan fingerprint density at radius 2 is 2.25 bits per heavy atom. The van der Waals surface area contributed by atoms with Crippen molar-refractivity contribution >= 4 is 27.2 Å². The van der Waals surface area contributed by atoms with Gasteiger partial charge in [-0.25, -0.2) is 4.98 Å². The predicted octanol–water partition coefficient (Wildman–Crippen LogP) is 2.04. The van der Waals surface area contributed by atoms with E-state index in [1.807, 2.05) is 18.2 Å².